The third-order valence-electron chi connectivity index (χ3n) is 4.02. The fraction of sp³-hybridized carbons (Fsp3) is 0.143. The average Bonchev–Trinajstić information content (AvgIpc) is 2.70. The minimum absolute atomic E-state index is 0.107. The molecule has 0 atom stereocenters. The molecule has 0 aliphatic heterocycles. The molecule has 3 aromatic rings. The lowest BCUT2D eigenvalue weighted by Gasteiger charge is -2.18. The smallest absolute Gasteiger partial charge is 0.253 e. The fourth-order valence-corrected chi connectivity index (χ4v) is 2.94. The molecule has 1 heterocycles. The van der Waals surface area contributed by atoms with Gasteiger partial charge in [-0.1, -0.05) is 41.4 Å². The van der Waals surface area contributed by atoms with Gasteiger partial charge in [0, 0.05) is 37.1 Å². The largest absolute Gasteiger partial charge is 0.489 e. The molecule has 4 nitrogen and oxygen atoms in total. The number of aromatic nitrogens is 1. The van der Waals surface area contributed by atoms with Crippen LogP contribution in [-0.4, -0.2) is 22.8 Å². The van der Waals surface area contributed by atoms with Gasteiger partial charge in [-0.25, -0.2) is 0 Å². The van der Waals surface area contributed by atoms with E-state index in [1.54, 1.807) is 54.7 Å². The first kappa shape index (κ1) is 19.2. The molecular formula is C21H18Cl2N2O2. The van der Waals surface area contributed by atoms with E-state index in [0.717, 1.165) is 11.1 Å². The number of rotatable bonds is 6. The van der Waals surface area contributed by atoms with Crippen molar-refractivity contribution in [2.75, 3.05) is 7.05 Å². The molecule has 2 aromatic carbocycles. The lowest BCUT2D eigenvalue weighted by molar-refractivity contribution is 0.0785. The summed E-state index contributed by atoms with van der Waals surface area (Å²) >= 11 is 12.2. The number of nitrogens with zero attached hydrogens (tertiary/aromatic N) is 2. The van der Waals surface area contributed by atoms with E-state index in [2.05, 4.69) is 4.98 Å². The molecular weight excluding hydrogens is 383 g/mol. The van der Waals surface area contributed by atoms with Crippen LogP contribution in [0.3, 0.4) is 0 Å². The molecule has 6 heteroatoms. The number of hydrogen-bond donors (Lipinski definition) is 0. The van der Waals surface area contributed by atoms with Gasteiger partial charge in [-0.3, -0.25) is 9.78 Å². The van der Waals surface area contributed by atoms with Crippen LogP contribution in [0.2, 0.25) is 10.0 Å². The SMILES string of the molecule is CN(Cc1cccc(Cl)c1Cl)C(=O)c1ccc(OCc2cccnc2)cc1. The minimum Gasteiger partial charge on any atom is -0.489 e. The van der Waals surface area contributed by atoms with E-state index in [0.29, 0.717) is 34.5 Å². The highest BCUT2D eigenvalue weighted by Crippen LogP contribution is 2.26. The van der Waals surface area contributed by atoms with Crippen LogP contribution >= 0.6 is 23.2 Å². The number of halogens is 2. The van der Waals surface area contributed by atoms with E-state index in [1.807, 2.05) is 24.3 Å². The Morgan fingerprint density at radius 1 is 1.07 bits per heavy atom. The summed E-state index contributed by atoms with van der Waals surface area (Å²) in [5.41, 5.74) is 2.36. The van der Waals surface area contributed by atoms with Crippen LogP contribution < -0.4 is 4.74 Å². The molecule has 1 amide bonds. The van der Waals surface area contributed by atoms with Crippen LogP contribution in [0.15, 0.2) is 67.0 Å². The summed E-state index contributed by atoms with van der Waals surface area (Å²) < 4.78 is 5.71. The molecule has 0 saturated carbocycles. The van der Waals surface area contributed by atoms with Crippen molar-refractivity contribution in [3.63, 3.8) is 0 Å². The topological polar surface area (TPSA) is 42.4 Å². The van der Waals surface area contributed by atoms with Gasteiger partial charge in [0.25, 0.3) is 5.91 Å². The van der Waals surface area contributed by atoms with Crippen molar-refractivity contribution in [3.8, 4) is 5.75 Å². The average molecular weight is 401 g/mol. The Labute approximate surface area is 168 Å². The van der Waals surface area contributed by atoms with Crippen molar-refractivity contribution >= 4 is 29.1 Å². The lowest BCUT2D eigenvalue weighted by Crippen LogP contribution is -2.26. The van der Waals surface area contributed by atoms with Crippen molar-refractivity contribution in [1.29, 1.82) is 0 Å². The zero-order chi connectivity index (χ0) is 19.2. The van der Waals surface area contributed by atoms with E-state index in [4.69, 9.17) is 27.9 Å². The predicted molar refractivity (Wildman–Crippen MR) is 107 cm³/mol. The Hall–Kier alpha value is -2.56. The highest BCUT2D eigenvalue weighted by Gasteiger charge is 2.14. The molecule has 27 heavy (non-hydrogen) atoms. The lowest BCUT2D eigenvalue weighted by atomic mass is 10.1. The highest BCUT2D eigenvalue weighted by atomic mass is 35.5. The summed E-state index contributed by atoms with van der Waals surface area (Å²) in [5.74, 6) is 0.584. The van der Waals surface area contributed by atoms with E-state index in [-0.39, 0.29) is 5.91 Å². The van der Waals surface area contributed by atoms with Crippen LogP contribution in [-0.2, 0) is 13.2 Å². The molecule has 0 aliphatic rings. The summed E-state index contributed by atoms with van der Waals surface area (Å²) in [6, 6.07) is 16.3. The molecule has 0 radical (unpaired) electrons. The summed E-state index contributed by atoms with van der Waals surface area (Å²) in [7, 11) is 1.73. The van der Waals surface area contributed by atoms with Crippen molar-refractivity contribution in [2.24, 2.45) is 0 Å². The number of ether oxygens (including phenoxy) is 1. The van der Waals surface area contributed by atoms with Gasteiger partial charge in [0.2, 0.25) is 0 Å². The summed E-state index contributed by atoms with van der Waals surface area (Å²) in [6.45, 7) is 0.797. The number of carbonyl (C=O) groups excluding carboxylic acids is 1. The van der Waals surface area contributed by atoms with Gasteiger partial charge in [-0.15, -0.1) is 0 Å². The van der Waals surface area contributed by atoms with Gasteiger partial charge in [-0.05, 0) is 42.0 Å². The van der Waals surface area contributed by atoms with Gasteiger partial charge in [0.05, 0.1) is 10.0 Å². The van der Waals surface area contributed by atoms with Crippen molar-refractivity contribution in [3.05, 3.63) is 93.7 Å². The Bertz CT molecular complexity index is 915. The monoisotopic (exact) mass is 400 g/mol. The van der Waals surface area contributed by atoms with Crippen molar-refractivity contribution in [2.45, 2.75) is 13.2 Å². The molecule has 3 rings (SSSR count). The third-order valence-corrected chi connectivity index (χ3v) is 4.87. The van der Waals surface area contributed by atoms with Crippen LogP contribution in [0.4, 0.5) is 0 Å². The van der Waals surface area contributed by atoms with E-state index >= 15 is 0 Å². The van der Waals surface area contributed by atoms with Gasteiger partial charge >= 0.3 is 0 Å². The second-order valence-electron chi connectivity index (χ2n) is 6.05. The first-order valence-corrected chi connectivity index (χ1v) is 9.10. The van der Waals surface area contributed by atoms with Crippen molar-refractivity contribution < 1.29 is 9.53 Å². The zero-order valence-electron chi connectivity index (χ0n) is 14.7. The Morgan fingerprint density at radius 2 is 1.85 bits per heavy atom. The fourth-order valence-electron chi connectivity index (χ4n) is 2.56. The second-order valence-corrected chi connectivity index (χ2v) is 6.83. The van der Waals surface area contributed by atoms with Crippen molar-refractivity contribution in [1.82, 2.24) is 9.88 Å². The van der Waals surface area contributed by atoms with Crippen LogP contribution in [0.1, 0.15) is 21.5 Å². The molecule has 0 bridgehead atoms. The third kappa shape index (κ3) is 5.00. The summed E-state index contributed by atoms with van der Waals surface area (Å²) in [4.78, 5) is 18.3. The van der Waals surface area contributed by atoms with E-state index < -0.39 is 0 Å². The van der Waals surface area contributed by atoms with Gasteiger partial charge in [-0.2, -0.15) is 0 Å². The number of hydrogen-bond acceptors (Lipinski definition) is 3. The Balaban J connectivity index is 1.62. The molecule has 0 fully saturated rings. The molecule has 0 saturated heterocycles. The zero-order valence-corrected chi connectivity index (χ0v) is 16.2. The van der Waals surface area contributed by atoms with Crippen LogP contribution in [0, 0.1) is 0 Å². The normalized spacial score (nSPS) is 10.5. The molecule has 0 N–H and O–H groups in total. The number of carbonyl (C=O) groups is 1. The maximum Gasteiger partial charge on any atom is 0.253 e. The van der Waals surface area contributed by atoms with E-state index in [9.17, 15) is 4.79 Å². The molecule has 0 aliphatic carbocycles. The first-order valence-electron chi connectivity index (χ1n) is 8.34. The Morgan fingerprint density at radius 3 is 2.56 bits per heavy atom. The van der Waals surface area contributed by atoms with Crippen LogP contribution in [0.25, 0.3) is 0 Å². The van der Waals surface area contributed by atoms with Gasteiger partial charge in [0.15, 0.2) is 0 Å². The predicted octanol–water partition coefficient (Wildman–Crippen LogP) is 5.24. The molecule has 0 spiro atoms. The maximum absolute atomic E-state index is 12.6. The van der Waals surface area contributed by atoms with Crippen LogP contribution in [0.5, 0.6) is 5.75 Å². The highest BCUT2D eigenvalue weighted by molar-refractivity contribution is 6.42. The summed E-state index contributed by atoms with van der Waals surface area (Å²) in [6.07, 6.45) is 3.48. The second kappa shape index (κ2) is 8.89. The standard InChI is InChI=1S/C21H18Cl2N2O2/c1-25(13-17-5-2-6-19(22)20(17)23)21(26)16-7-9-18(10-8-16)27-14-15-4-3-11-24-12-15/h2-12H,13-14H2,1H3. The maximum atomic E-state index is 12.6. The minimum atomic E-state index is -0.107. The van der Waals surface area contributed by atoms with Gasteiger partial charge < -0.3 is 9.64 Å². The molecule has 1 aromatic heterocycles. The molecule has 0 unspecified atom stereocenters. The Kier molecular flexibility index (Phi) is 6.32. The number of pyridine rings is 1. The quantitative estimate of drug-likeness (QED) is 0.567. The number of amides is 1. The number of benzene rings is 2. The van der Waals surface area contributed by atoms with E-state index in [1.165, 1.54) is 0 Å². The summed E-state index contributed by atoms with van der Waals surface area (Å²) in [5, 5.41) is 0.947. The first-order chi connectivity index (χ1) is 13.0. The molecule has 138 valence electrons. The van der Waals surface area contributed by atoms with Gasteiger partial charge in [0.1, 0.15) is 12.4 Å².